The van der Waals surface area contributed by atoms with Crippen LogP contribution in [-0.4, -0.2) is 40.0 Å². The first-order valence-electron chi connectivity index (χ1n) is 9.50. The van der Waals surface area contributed by atoms with Gasteiger partial charge < -0.3 is 10.2 Å². The van der Waals surface area contributed by atoms with E-state index in [2.05, 4.69) is 15.6 Å². The smallest absolute Gasteiger partial charge is 0.273 e. The Bertz CT molecular complexity index is 1020. The predicted octanol–water partition coefficient (Wildman–Crippen LogP) is 3.25. The first-order valence-corrected chi connectivity index (χ1v) is 9.50. The van der Waals surface area contributed by atoms with Crippen LogP contribution in [0.25, 0.3) is 5.69 Å². The number of rotatable bonds is 4. The molecule has 1 aromatic heterocycles. The lowest BCUT2D eigenvalue weighted by molar-refractivity contribution is 0.0928. The summed E-state index contributed by atoms with van der Waals surface area (Å²) in [7, 11) is 0. The highest BCUT2D eigenvalue weighted by atomic mass is 19.1. The maximum Gasteiger partial charge on any atom is 0.273 e. The Morgan fingerprint density at radius 3 is 2.76 bits per heavy atom. The number of nitrogens with zero attached hydrogens (tertiary/aromatic N) is 4. The molecule has 1 atom stereocenters. The molecular formula is C21H21F2N5O. The van der Waals surface area contributed by atoms with E-state index in [4.69, 9.17) is 0 Å². The fourth-order valence-electron chi connectivity index (χ4n) is 3.53. The predicted molar refractivity (Wildman–Crippen MR) is 105 cm³/mol. The lowest BCUT2D eigenvalue weighted by Gasteiger charge is -2.35. The number of piperidine rings is 1. The number of amides is 1. The van der Waals surface area contributed by atoms with Gasteiger partial charge in [-0.2, -0.15) is 0 Å². The number of halogens is 2. The molecular weight excluding hydrogens is 376 g/mol. The summed E-state index contributed by atoms with van der Waals surface area (Å²) < 4.78 is 28.7. The van der Waals surface area contributed by atoms with Crippen LogP contribution in [0.15, 0.2) is 48.7 Å². The molecule has 8 heteroatoms. The zero-order valence-electron chi connectivity index (χ0n) is 16.0. The SMILES string of the molecule is Cc1ccc(F)c(N2CCCC(NC(=O)c3cn(-c4ccc(F)cc4)nn3)C2)c1. The van der Waals surface area contributed by atoms with Crippen molar-refractivity contribution in [3.05, 3.63) is 71.6 Å². The topological polar surface area (TPSA) is 63.1 Å². The normalized spacial score (nSPS) is 16.7. The van der Waals surface area contributed by atoms with Gasteiger partial charge >= 0.3 is 0 Å². The number of hydrogen-bond acceptors (Lipinski definition) is 4. The molecule has 1 fully saturated rings. The zero-order valence-corrected chi connectivity index (χ0v) is 16.0. The molecule has 0 saturated carbocycles. The molecule has 1 unspecified atom stereocenters. The Kier molecular flexibility index (Phi) is 5.24. The molecule has 3 aromatic rings. The number of hydrogen-bond donors (Lipinski definition) is 1. The number of benzene rings is 2. The molecule has 0 radical (unpaired) electrons. The minimum absolute atomic E-state index is 0.118. The maximum absolute atomic E-state index is 14.2. The molecule has 1 saturated heterocycles. The second-order valence-corrected chi connectivity index (χ2v) is 7.24. The van der Waals surface area contributed by atoms with E-state index in [-0.39, 0.29) is 29.3 Å². The van der Waals surface area contributed by atoms with Crippen molar-refractivity contribution in [2.75, 3.05) is 18.0 Å². The van der Waals surface area contributed by atoms with Crippen LogP contribution in [0, 0.1) is 18.6 Å². The molecule has 29 heavy (non-hydrogen) atoms. The van der Waals surface area contributed by atoms with Crippen LogP contribution in [0.2, 0.25) is 0 Å². The fraction of sp³-hybridized carbons (Fsp3) is 0.286. The fourth-order valence-corrected chi connectivity index (χ4v) is 3.53. The van der Waals surface area contributed by atoms with Crippen LogP contribution in [0.5, 0.6) is 0 Å². The Labute approximate surface area is 167 Å². The Morgan fingerprint density at radius 1 is 1.17 bits per heavy atom. The number of aryl methyl sites for hydroxylation is 1. The standard InChI is InChI=1S/C21H21F2N5O/c1-14-4-9-18(23)20(11-14)27-10-2-3-16(12-27)24-21(29)19-13-28(26-25-19)17-7-5-15(22)6-8-17/h4-9,11,13,16H,2-3,10,12H2,1H3,(H,24,29). The molecule has 1 aliphatic heterocycles. The van der Waals surface area contributed by atoms with Crippen LogP contribution in [-0.2, 0) is 0 Å². The molecule has 4 rings (SSSR count). The summed E-state index contributed by atoms with van der Waals surface area (Å²) >= 11 is 0. The van der Waals surface area contributed by atoms with E-state index in [9.17, 15) is 13.6 Å². The Morgan fingerprint density at radius 2 is 1.97 bits per heavy atom. The van der Waals surface area contributed by atoms with Crippen LogP contribution in [0.3, 0.4) is 0 Å². The summed E-state index contributed by atoms with van der Waals surface area (Å²) in [6.45, 7) is 3.20. The quantitative estimate of drug-likeness (QED) is 0.734. The van der Waals surface area contributed by atoms with E-state index in [1.54, 1.807) is 18.2 Å². The van der Waals surface area contributed by atoms with Crippen molar-refractivity contribution in [1.82, 2.24) is 20.3 Å². The maximum atomic E-state index is 14.2. The lowest BCUT2D eigenvalue weighted by Crippen LogP contribution is -2.48. The van der Waals surface area contributed by atoms with Gasteiger partial charge in [-0.25, -0.2) is 13.5 Å². The number of nitrogens with one attached hydrogen (secondary N) is 1. The zero-order chi connectivity index (χ0) is 20.4. The van der Waals surface area contributed by atoms with Crippen molar-refractivity contribution in [3.8, 4) is 5.69 Å². The third-order valence-electron chi connectivity index (χ3n) is 5.02. The number of carbonyl (C=O) groups excluding carboxylic acids is 1. The van der Waals surface area contributed by atoms with Gasteiger partial charge in [0.1, 0.15) is 11.6 Å². The molecule has 0 aliphatic carbocycles. The highest BCUT2D eigenvalue weighted by Gasteiger charge is 2.24. The average molecular weight is 397 g/mol. The van der Waals surface area contributed by atoms with Crippen molar-refractivity contribution in [2.45, 2.75) is 25.8 Å². The van der Waals surface area contributed by atoms with Crippen molar-refractivity contribution < 1.29 is 13.6 Å². The van der Waals surface area contributed by atoms with Crippen molar-refractivity contribution in [2.24, 2.45) is 0 Å². The van der Waals surface area contributed by atoms with Crippen LogP contribution >= 0.6 is 0 Å². The molecule has 1 amide bonds. The summed E-state index contributed by atoms with van der Waals surface area (Å²) in [5.41, 5.74) is 2.33. The van der Waals surface area contributed by atoms with E-state index in [0.29, 0.717) is 17.9 Å². The van der Waals surface area contributed by atoms with Gasteiger partial charge in [0.15, 0.2) is 5.69 Å². The molecule has 0 bridgehead atoms. The third-order valence-corrected chi connectivity index (χ3v) is 5.02. The Balaban J connectivity index is 1.43. The van der Waals surface area contributed by atoms with Gasteiger partial charge in [-0.15, -0.1) is 5.10 Å². The van der Waals surface area contributed by atoms with Gasteiger partial charge in [0, 0.05) is 19.1 Å². The second-order valence-electron chi connectivity index (χ2n) is 7.24. The minimum Gasteiger partial charge on any atom is -0.367 e. The highest BCUT2D eigenvalue weighted by molar-refractivity contribution is 5.92. The summed E-state index contributed by atoms with van der Waals surface area (Å²) in [4.78, 5) is 14.6. The monoisotopic (exact) mass is 397 g/mol. The van der Waals surface area contributed by atoms with Gasteiger partial charge in [-0.3, -0.25) is 4.79 Å². The molecule has 2 heterocycles. The van der Waals surface area contributed by atoms with E-state index >= 15 is 0 Å². The van der Waals surface area contributed by atoms with E-state index in [0.717, 1.165) is 24.9 Å². The van der Waals surface area contributed by atoms with Crippen LogP contribution < -0.4 is 10.2 Å². The minimum atomic E-state index is -0.348. The van der Waals surface area contributed by atoms with Gasteiger partial charge in [0.05, 0.1) is 17.6 Å². The molecule has 1 N–H and O–H groups in total. The number of carbonyl (C=O) groups is 1. The van der Waals surface area contributed by atoms with Gasteiger partial charge in [0.25, 0.3) is 5.91 Å². The van der Waals surface area contributed by atoms with E-state index in [1.165, 1.54) is 29.1 Å². The van der Waals surface area contributed by atoms with Crippen molar-refractivity contribution in [3.63, 3.8) is 0 Å². The molecule has 2 aromatic carbocycles. The van der Waals surface area contributed by atoms with Crippen LogP contribution in [0.1, 0.15) is 28.9 Å². The van der Waals surface area contributed by atoms with Crippen molar-refractivity contribution >= 4 is 11.6 Å². The van der Waals surface area contributed by atoms with E-state index < -0.39 is 0 Å². The van der Waals surface area contributed by atoms with Crippen LogP contribution in [0.4, 0.5) is 14.5 Å². The third kappa shape index (κ3) is 4.26. The molecule has 6 nitrogen and oxygen atoms in total. The lowest BCUT2D eigenvalue weighted by atomic mass is 10.0. The summed E-state index contributed by atoms with van der Waals surface area (Å²) in [6.07, 6.45) is 3.16. The Hall–Kier alpha value is -3.29. The second kappa shape index (κ2) is 7.98. The first-order chi connectivity index (χ1) is 14.0. The number of anilines is 1. The van der Waals surface area contributed by atoms with Gasteiger partial charge in [-0.1, -0.05) is 11.3 Å². The van der Waals surface area contributed by atoms with E-state index in [1.807, 2.05) is 17.9 Å². The average Bonchev–Trinajstić information content (AvgIpc) is 3.21. The summed E-state index contributed by atoms with van der Waals surface area (Å²) in [6, 6.07) is 10.7. The highest BCUT2D eigenvalue weighted by Crippen LogP contribution is 2.24. The first kappa shape index (κ1) is 19.0. The van der Waals surface area contributed by atoms with Gasteiger partial charge in [-0.05, 0) is 61.7 Å². The summed E-state index contributed by atoms with van der Waals surface area (Å²) in [5.74, 6) is -0.946. The molecule has 1 aliphatic rings. The summed E-state index contributed by atoms with van der Waals surface area (Å²) in [5, 5.41) is 10.8. The van der Waals surface area contributed by atoms with Gasteiger partial charge in [0.2, 0.25) is 0 Å². The van der Waals surface area contributed by atoms with Crippen molar-refractivity contribution in [1.29, 1.82) is 0 Å². The molecule has 150 valence electrons. The molecule has 0 spiro atoms. The number of aromatic nitrogens is 3. The largest absolute Gasteiger partial charge is 0.367 e.